The number of Topliss-reactive ketones (excluding diaryl/α,β-unsaturated/α-hetero) is 1. The summed E-state index contributed by atoms with van der Waals surface area (Å²) in [5.41, 5.74) is 1.23. The van der Waals surface area contributed by atoms with Crippen molar-refractivity contribution in [1.82, 2.24) is 4.98 Å². The topological polar surface area (TPSA) is 39.2 Å². The Bertz CT molecular complexity index is 569. The van der Waals surface area contributed by atoms with Crippen LogP contribution in [-0.4, -0.2) is 10.8 Å². The normalized spacial score (nSPS) is 10.1. The molecule has 0 aliphatic carbocycles. The molecule has 0 amide bonds. The molecule has 18 heavy (non-hydrogen) atoms. The summed E-state index contributed by atoms with van der Waals surface area (Å²) in [6.45, 7) is 1.71. The van der Waals surface area contributed by atoms with Gasteiger partial charge in [-0.05, 0) is 25.1 Å². The van der Waals surface area contributed by atoms with E-state index in [2.05, 4.69) is 4.98 Å². The summed E-state index contributed by atoms with van der Waals surface area (Å²) in [4.78, 5) is 14.9. The van der Waals surface area contributed by atoms with Gasteiger partial charge in [0.2, 0.25) is 0 Å². The van der Waals surface area contributed by atoms with Crippen LogP contribution < -0.4 is 4.74 Å². The lowest BCUT2D eigenvalue weighted by atomic mass is 10.1. The SMILES string of the molecule is CC(=O)c1cccc(OCc2cncc(F)c2)c1. The highest BCUT2D eigenvalue weighted by Crippen LogP contribution is 2.15. The number of rotatable bonds is 4. The molecule has 0 bridgehead atoms. The minimum atomic E-state index is -0.395. The average Bonchev–Trinajstić information content (AvgIpc) is 2.37. The van der Waals surface area contributed by atoms with Gasteiger partial charge in [-0.1, -0.05) is 12.1 Å². The average molecular weight is 245 g/mol. The van der Waals surface area contributed by atoms with Crippen LogP contribution in [0.2, 0.25) is 0 Å². The fraction of sp³-hybridized carbons (Fsp3) is 0.143. The minimum absolute atomic E-state index is 0.0205. The summed E-state index contributed by atoms with van der Waals surface area (Å²) < 4.78 is 18.4. The van der Waals surface area contributed by atoms with Crippen LogP contribution in [0.25, 0.3) is 0 Å². The molecule has 0 unspecified atom stereocenters. The first-order valence-electron chi connectivity index (χ1n) is 5.48. The summed E-state index contributed by atoms with van der Waals surface area (Å²) >= 11 is 0. The smallest absolute Gasteiger partial charge is 0.159 e. The van der Waals surface area contributed by atoms with Crippen LogP contribution in [0, 0.1) is 5.82 Å². The van der Waals surface area contributed by atoms with E-state index in [0.29, 0.717) is 16.9 Å². The van der Waals surface area contributed by atoms with Gasteiger partial charge in [0.25, 0.3) is 0 Å². The van der Waals surface area contributed by atoms with Crippen LogP contribution in [0.1, 0.15) is 22.8 Å². The van der Waals surface area contributed by atoms with Crippen molar-refractivity contribution in [3.63, 3.8) is 0 Å². The quantitative estimate of drug-likeness (QED) is 0.777. The molecule has 3 nitrogen and oxygen atoms in total. The number of hydrogen-bond donors (Lipinski definition) is 0. The van der Waals surface area contributed by atoms with Crippen LogP contribution in [-0.2, 0) is 6.61 Å². The number of carbonyl (C=O) groups excluding carboxylic acids is 1. The van der Waals surface area contributed by atoms with Crippen LogP contribution in [0.15, 0.2) is 42.7 Å². The summed E-state index contributed by atoms with van der Waals surface area (Å²) in [6, 6.07) is 8.24. The predicted molar refractivity (Wildman–Crippen MR) is 65.0 cm³/mol. The summed E-state index contributed by atoms with van der Waals surface area (Å²) in [5, 5.41) is 0. The Balaban J connectivity index is 2.06. The third-order valence-corrected chi connectivity index (χ3v) is 2.41. The largest absolute Gasteiger partial charge is 0.489 e. The van der Waals surface area contributed by atoms with E-state index in [9.17, 15) is 9.18 Å². The number of pyridine rings is 1. The first-order valence-corrected chi connectivity index (χ1v) is 5.48. The molecule has 0 aliphatic rings. The Morgan fingerprint density at radius 2 is 2.17 bits per heavy atom. The van der Waals surface area contributed by atoms with Crippen molar-refractivity contribution >= 4 is 5.78 Å². The molecular formula is C14H12FNO2. The molecule has 0 saturated carbocycles. The van der Waals surface area contributed by atoms with Crippen LogP contribution in [0.3, 0.4) is 0 Å². The highest BCUT2D eigenvalue weighted by molar-refractivity contribution is 5.94. The molecule has 4 heteroatoms. The van der Waals surface area contributed by atoms with Gasteiger partial charge < -0.3 is 4.74 Å². The highest BCUT2D eigenvalue weighted by Gasteiger charge is 2.02. The lowest BCUT2D eigenvalue weighted by Crippen LogP contribution is -1.98. The number of nitrogens with zero attached hydrogens (tertiary/aromatic N) is 1. The van der Waals surface area contributed by atoms with E-state index in [4.69, 9.17) is 4.74 Å². The molecule has 0 fully saturated rings. The number of benzene rings is 1. The van der Waals surface area contributed by atoms with Crippen molar-refractivity contribution in [3.05, 3.63) is 59.7 Å². The van der Waals surface area contributed by atoms with E-state index in [1.54, 1.807) is 24.3 Å². The Kier molecular flexibility index (Phi) is 3.67. The number of ether oxygens (including phenoxy) is 1. The molecule has 0 radical (unpaired) electrons. The Labute approximate surface area is 104 Å². The van der Waals surface area contributed by atoms with Gasteiger partial charge in [0.05, 0.1) is 6.20 Å². The number of hydrogen-bond acceptors (Lipinski definition) is 3. The molecule has 2 aromatic rings. The van der Waals surface area contributed by atoms with Gasteiger partial charge >= 0.3 is 0 Å². The van der Waals surface area contributed by atoms with E-state index >= 15 is 0 Å². The maximum absolute atomic E-state index is 12.9. The van der Waals surface area contributed by atoms with Gasteiger partial charge in [-0.3, -0.25) is 9.78 Å². The van der Waals surface area contributed by atoms with Crippen molar-refractivity contribution < 1.29 is 13.9 Å². The zero-order chi connectivity index (χ0) is 13.0. The van der Waals surface area contributed by atoms with E-state index in [1.165, 1.54) is 19.2 Å². The van der Waals surface area contributed by atoms with Crippen molar-refractivity contribution in [3.8, 4) is 5.75 Å². The molecular weight excluding hydrogens is 233 g/mol. The van der Waals surface area contributed by atoms with E-state index in [-0.39, 0.29) is 12.4 Å². The van der Waals surface area contributed by atoms with Crippen LogP contribution in [0.5, 0.6) is 5.75 Å². The molecule has 92 valence electrons. The second-order valence-electron chi connectivity index (χ2n) is 3.88. The Hall–Kier alpha value is -2.23. The fourth-order valence-corrected chi connectivity index (χ4v) is 1.51. The Morgan fingerprint density at radius 1 is 1.33 bits per heavy atom. The second kappa shape index (κ2) is 5.40. The third-order valence-electron chi connectivity index (χ3n) is 2.41. The van der Waals surface area contributed by atoms with Gasteiger partial charge in [0.1, 0.15) is 18.2 Å². The molecule has 1 aromatic heterocycles. The molecule has 0 N–H and O–H groups in total. The maximum atomic E-state index is 12.9. The lowest BCUT2D eigenvalue weighted by Gasteiger charge is -2.07. The summed E-state index contributed by atoms with van der Waals surface area (Å²) in [7, 11) is 0. The predicted octanol–water partition coefficient (Wildman–Crippen LogP) is 3.00. The summed E-state index contributed by atoms with van der Waals surface area (Å²) in [6.07, 6.45) is 2.68. The standard InChI is InChI=1S/C14H12FNO2/c1-10(17)12-3-2-4-14(6-12)18-9-11-5-13(15)8-16-7-11/h2-8H,9H2,1H3. The molecule has 2 rings (SSSR count). The highest BCUT2D eigenvalue weighted by atomic mass is 19.1. The van der Waals surface area contributed by atoms with Gasteiger partial charge in [-0.15, -0.1) is 0 Å². The fourth-order valence-electron chi connectivity index (χ4n) is 1.51. The third kappa shape index (κ3) is 3.13. The molecule has 1 heterocycles. The van der Waals surface area contributed by atoms with Crippen molar-refractivity contribution in [2.75, 3.05) is 0 Å². The first kappa shape index (κ1) is 12.2. The zero-order valence-electron chi connectivity index (χ0n) is 9.89. The van der Waals surface area contributed by atoms with E-state index < -0.39 is 5.82 Å². The zero-order valence-corrected chi connectivity index (χ0v) is 9.89. The molecule has 0 atom stereocenters. The van der Waals surface area contributed by atoms with Crippen molar-refractivity contribution in [2.45, 2.75) is 13.5 Å². The lowest BCUT2D eigenvalue weighted by molar-refractivity contribution is 0.101. The molecule has 0 spiro atoms. The number of ketones is 1. The van der Waals surface area contributed by atoms with Crippen molar-refractivity contribution in [2.24, 2.45) is 0 Å². The van der Waals surface area contributed by atoms with Gasteiger partial charge in [-0.2, -0.15) is 0 Å². The number of carbonyl (C=O) groups is 1. The minimum Gasteiger partial charge on any atom is -0.489 e. The van der Waals surface area contributed by atoms with Crippen LogP contribution in [0.4, 0.5) is 4.39 Å². The molecule has 0 saturated heterocycles. The molecule has 1 aromatic carbocycles. The van der Waals surface area contributed by atoms with Crippen molar-refractivity contribution in [1.29, 1.82) is 0 Å². The van der Waals surface area contributed by atoms with Gasteiger partial charge in [-0.25, -0.2) is 4.39 Å². The van der Waals surface area contributed by atoms with E-state index in [1.807, 2.05) is 0 Å². The van der Waals surface area contributed by atoms with Crippen LogP contribution >= 0.6 is 0 Å². The summed E-state index contributed by atoms with van der Waals surface area (Å²) in [5.74, 6) is 0.161. The van der Waals surface area contributed by atoms with E-state index in [0.717, 1.165) is 6.20 Å². The number of halogens is 1. The monoisotopic (exact) mass is 245 g/mol. The maximum Gasteiger partial charge on any atom is 0.159 e. The van der Waals surface area contributed by atoms with Gasteiger partial charge in [0.15, 0.2) is 5.78 Å². The number of aromatic nitrogens is 1. The van der Waals surface area contributed by atoms with Gasteiger partial charge in [0, 0.05) is 17.3 Å². The Morgan fingerprint density at radius 3 is 2.89 bits per heavy atom. The molecule has 0 aliphatic heterocycles. The second-order valence-corrected chi connectivity index (χ2v) is 3.88. The first-order chi connectivity index (χ1) is 8.65.